The van der Waals surface area contributed by atoms with Gasteiger partial charge in [-0.25, -0.2) is 4.79 Å². The van der Waals surface area contributed by atoms with Crippen LogP contribution in [0.3, 0.4) is 0 Å². The zero-order chi connectivity index (χ0) is 15.9. The van der Waals surface area contributed by atoms with E-state index in [9.17, 15) is 4.79 Å². The predicted molar refractivity (Wildman–Crippen MR) is 89.2 cm³/mol. The van der Waals surface area contributed by atoms with E-state index in [2.05, 4.69) is 10.5 Å². The van der Waals surface area contributed by atoms with Crippen LogP contribution in [-0.4, -0.2) is 18.3 Å². The topological polar surface area (TPSA) is 50.7 Å². The number of ether oxygens (including phenoxy) is 1. The molecule has 0 aromatic heterocycles. The molecule has 0 aliphatic rings. The Morgan fingerprint density at radius 2 is 1.55 bits per heavy atom. The van der Waals surface area contributed by atoms with Crippen molar-refractivity contribution in [1.29, 1.82) is 0 Å². The molecule has 0 spiro atoms. The van der Waals surface area contributed by atoms with E-state index in [0.29, 0.717) is 6.61 Å². The molecule has 0 atom stereocenters. The molecule has 2 rings (SSSR count). The molecule has 0 amide bonds. The van der Waals surface area contributed by atoms with Crippen LogP contribution in [0.15, 0.2) is 53.6 Å². The van der Waals surface area contributed by atoms with E-state index in [-0.39, 0.29) is 5.71 Å². The summed E-state index contributed by atoms with van der Waals surface area (Å²) in [7, 11) is 0. The monoisotopic (exact) mass is 296 g/mol. The Morgan fingerprint density at radius 3 is 2.09 bits per heavy atom. The van der Waals surface area contributed by atoms with Crippen molar-refractivity contribution in [3.05, 3.63) is 65.2 Å². The summed E-state index contributed by atoms with van der Waals surface area (Å²) in [6.45, 7) is 6.10. The molecule has 2 aromatic rings. The Bertz CT molecular complexity index is 658. The van der Waals surface area contributed by atoms with Gasteiger partial charge in [0.15, 0.2) is 5.71 Å². The first-order valence-corrected chi connectivity index (χ1v) is 7.24. The summed E-state index contributed by atoms with van der Waals surface area (Å²) in [5, 5.41) is 4.23. The molecule has 114 valence electrons. The normalized spacial score (nSPS) is 11.1. The Morgan fingerprint density at radius 1 is 1.00 bits per heavy atom. The Balaban J connectivity index is 2.27. The number of carbonyl (C=O) groups excluding carboxylic acids is 1. The molecule has 4 heteroatoms. The number of rotatable bonds is 5. The molecule has 2 aromatic carbocycles. The molecular formula is C18H20N2O2. The maximum absolute atomic E-state index is 12.1. The van der Waals surface area contributed by atoms with Crippen LogP contribution in [0.5, 0.6) is 0 Å². The SMILES string of the molecule is CCOC(=O)/C(=N/Nc1ccc(C)cc1)c1ccc(C)cc1. The zero-order valence-corrected chi connectivity index (χ0v) is 13.1. The van der Waals surface area contributed by atoms with Crippen LogP contribution in [0.25, 0.3) is 0 Å². The highest BCUT2D eigenvalue weighted by atomic mass is 16.5. The second-order valence-corrected chi connectivity index (χ2v) is 5.02. The number of hydrogen-bond donors (Lipinski definition) is 1. The molecule has 0 aliphatic carbocycles. The zero-order valence-electron chi connectivity index (χ0n) is 13.1. The number of nitrogens with zero attached hydrogens (tertiary/aromatic N) is 1. The molecule has 0 heterocycles. The Kier molecular flexibility index (Phi) is 5.31. The number of carbonyl (C=O) groups is 1. The van der Waals surface area contributed by atoms with E-state index in [4.69, 9.17) is 4.74 Å². The van der Waals surface area contributed by atoms with Crippen molar-refractivity contribution in [3.8, 4) is 0 Å². The van der Waals surface area contributed by atoms with E-state index in [1.807, 2.05) is 62.4 Å². The van der Waals surface area contributed by atoms with Crippen LogP contribution < -0.4 is 5.43 Å². The number of hydrazone groups is 1. The van der Waals surface area contributed by atoms with E-state index in [0.717, 1.165) is 16.8 Å². The van der Waals surface area contributed by atoms with Crippen molar-refractivity contribution in [2.45, 2.75) is 20.8 Å². The first-order valence-electron chi connectivity index (χ1n) is 7.24. The van der Waals surface area contributed by atoms with Crippen LogP contribution >= 0.6 is 0 Å². The van der Waals surface area contributed by atoms with Gasteiger partial charge in [-0.3, -0.25) is 5.43 Å². The molecule has 0 radical (unpaired) electrons. The quantitative estimate of drug-likeness (QED) is 0.520. The number of esters is 1. The second kappa shape index (κ2) is 7.41. The third-order valence-electron chi connectivity index (χ3n) is 3.14. The van der Waals surface area contributed by atoms with Gasteiger partial charge in [-0.05, 0) is 32.9 Å². The summed E-state index contributed by atoms with van der Waals surface area (Å²) in [5.41, 5.74) is 7.01. The number of nitrogens with one attached hydrogen (secondary N) is 1. The van der Waals surface area contributed by atoms with Gasteiger partial charge >= 0.3 is 5.97 Å². The summed E-state index contributed by atoms with van der Waals surface area (Å²) < 4.78 is 5.09. The fourth-order valence-corrected chi connectivity index (χ4v) is 1.89. The number of aryl methyl sites for hydroxylation is 2. The lowest BCUT2D eigenvalue weighted by atomic mass is 10.1. The van der Waals surface area contributed by atoms with Gasteiger partial charge < -0.3 is 4.74 Å². The van der Waals surface area contributed by atoms with Crippen molar-refractivity contribution in [1.82, 2.24) is 0 Å². The lowest BCUT2D eigenvalue weighted by Gasteiger charge is -2.08. The van der Waals surface area contributed by atoms with Gasteiger partial charge in [-0.2, -0.15) is 5.10 Å². The summed E-state index contributed by atoms with van der Waals surface area (Å²) in [5.74, 6) is -0.439. The van der Waals surface area contributed by atoms with Crippen LogP contribution in [0.1, 0.15) is 23.6 Å². The average molecular weight is 296 g/mol. The van der Waals surface area contributed by atoms with Gasteiger partial charge in [0.2, 0.25) is 0 Å². The number of benzene rings is 2. The molecule has 22 heavy (non-hydrogen) atoms. The number of hydrogen-bond acceptors (Lipinski definition) is 4. The fourth-order valence-electron chi connectivity index (χ4n) is 1.89. The highest BCUT2D eigenvalue weighted by molar-refractivity contribution is 6.43. The molecule has 1 N–H and O–H groups in total. The van der Waals surface area contributed by atoms with Crippen LogP contribution in [0.2, 0.25) is 0 Å². The predicted octanol–water partition coefficient (Wildman–Crippen LogP) is 3.68. The van der Waals surface area contributed by atoms with Crippen molar-refractivity contribution in [3.63, 3.8) is 0 Å². The van der Waals surface area contributed by atoms with Gasteiger partial charge in [-0.15, -0.1) is 0 Å². The van der Waals surface area contributed by atoms with Gasteiger partial charge in [0.1, 0.15) is 0 Å². The van der Waals surface area contributed by atoms with Crippen LogP contribution in [0.4, 0.5) is 5.69 Å². The average Bonchev–Trinajstić information content (AvgIpc) is 2.51. The van der Waals surface area contributed by atoms with Crippen LogP contribution in [-0.2, 0) is 9.53 Å². The standard InChI is InChI=1S/C18H20N2O2/c1-4-22-18(21)17(15-9-5-13(2)6-10-15)20-19-16-11-7-14(3)8-12-16/h5-12,19H,4H2,1-3H3/b20-17+. The minimum atomic E-state index is -0.439. The Labute approximate surface area is 130 Å². The van der Waals surface area contributed by atoms with Gasteiger partial charge in [0, 0.05) is 5.56 Å². The number of anilines is 1. The molecular weight excluding hydrogens is 276 g/mol. The van der Waals surface area contributed by atoms with Crippen LogP contribution in [0, 0.1) is 13.8 Å². The molecule has 0 bridgehead atoms. The summed E-state index contributed by atoms with van der Waals surface area (Å²) in [4.78, 5) is 12.1. The first-order chi connectivity index (χ1) is 10.6. The van der Waals surface area contributed by atoms with Gasteiger partial charge in [-0.1, -0.05) is 47.5 Å². The van der Waals surface area contributed by atoms with Crippen molar-refractivity contribution >= 4 is 17.4 Å². The minimum absolute atomic E-state index is 0.266. The van der Waals surface area contributed by atoms with Gasteiger partial charge in [0.05, 0.1) is 12.3 Å². The Hall–Kier alpha value is -2.62. The molecule has 4 nitrogen and oxygen atoms in total. The van der Waals surface area contributed by atoms with Crippen molar-refractivity contribution < 1.29 is 9.53 Å². The summed E-state index contributed by atoms with van der Waals surface area (Å²) in [6, 6.07) is 15.4. The van der Waals surface area contributed by atoms with Crippen molar-refractivity contribution in [2.24, 2.45) is 5.10 Å². The third kappa shape index (κ3) is 4.19. The maximum Gasteiger partial charge on any atom is 0.359 e. The second-order valence-electron chi connectivity index (χ2n) is 5.02. The highest BCUT2D eigenvalue weighted by Crippen LogP contribution is 2.11. The van der Waals surface area contributed by atoms with Crippen molar-refractivity contribution in [2.75, 3.05) is 12.0 Å². The van der Waals surface area contributed by atoms with E-state index >= 15 is 0 Å². The van der Waals surface area contributed by atoms with E-state index in [1.54, 1.807) is 6.92 Å². The molecule has 0 unspecified atom stereocenters. The molecule has 0 saturated carbocycles. The highest BCUT2D eigenvalue weighted by Gasteiger charge is 2.15. The minimum Gasteiger partial charge on any atom is -0.461 e. The fraction of sp³-hybridized carbons (Fsp3) is 0.222. The molecule has 0 fully saturated rings. The summed E-state index contributed by atoms with van der Waals surface area (Å²) >= 11 is 0. The lowest BCUT2D eigenvalue weighted by Crippen LogP contribution is -2.20. The maximum atomic E-state index is 12.1. The smallest absolute Gasteiger partial charge is 0.359 e. The van der Waals surface area contributed by atoms with Gasteiger partial charge in [0.25, 0.3) is 0 Å². The molecule has 0 aliphatic heterocycles. The molecule has 0 saturated heterocycles. The lowest BCUT2D eigenvalue weighted by molar-refractivity contribution is -0.134. The third-order valence-corrected chi connectivity index (χ3v) is 3.14. The first kappa shape index (κ1) is 15.8. The van der Waals surface area contributed by atoms with E-state index < -0.39 is 5.97 Å². The largest absolute Gasteiger partial charge is 0.461 e. The summed E-state index contributed by atoms with van der Waals surface area (Å²) in [6.07, 6.45) is 0. The van der Waals surface area contributed by atoms with E-state index in [1.165, 1.54) is 5.56 Å².